The van der Waals surface area contributed by atoms with E-state index in [2.05, 4.69) is 0 Å². The topological polar surface area (TPSA) is 55.8 Å². The van der Waals surface area contributed by atoms with E-state index in [1.807, 2.05) is 41.5 Å². The predicted molar refractivity (Wildman–Crippen MR) is 97.0 cm³/mol. The highest BCUT2D eigenvalue weighted by Crippen LogP contribution is 2.70. The molecule has 4 nitrogen and oxygen atoms in total. The van der Waals surface area contributed by atoms with Crippen molar-refractivity contribution in [3.63, 3.8) is 0 Å². The lowest BCUT2D eigenvalue weighted by Gasteiger charge is -2.48. The summed E-state index contributed by atoms with van der Waals surface area (Å²) in [6.45, 7) is 11.7. The molecule has 5 atom stereocenters. The van der Waals surface area contributed by atoms with Crippen LogP contribution in [-0.4, -0.2) is 23.1 Å². The average Bonchev–Trinajstić information content (AvgIpc) is 2.54. The molecule has 0 saturated carbocycles. The second-order valence-corrected chi connectivity index (χ2v) is 10.9. The summed E-state index contributed by atoms with van der Waals surface area (Å²) in [7, 11) is -3.36. The molecule has 1 aliphatic heterocycles. The summed E-state index contributed by atoms with van der Waals surface area (Å²) in [5.41, 5.74) is 0.427. The maximum absolute atomic E-state index is 14.1. The number of benzene rings is 1. The van der Waals surface area contributed by atoms with Crippen molar-refractivity contribution in [2.75, 3.05) is 0 Å². The molecule has 1 fully saturated rings. The van der Waals surface area contributed by atoms with Crippen molar-refractivity contribution >= 4 is 7.14 Å². The second kappa shape index (κ2) is 7.87. The average molecular weight is 372 g/mol. The number of hydrogen-bond acceptors (Lipinski definition) is 4. The van der Waals surface area contributed by atoms with Gasteiger partial charge in [-0.2, -0.15) is 0 Å². The maximum Gasteiger partial charge on any atom is 0.174 e. The predicted octanol–water partition coefficient (Wildman–Crippen LogP) is 5.17. The third-order valence-corrected chi connectivity index (χ3v) is 8.67. The first kappa shape index (κ1) is 20.6. The first-order valence-electron chi connectivity index (χ1n) is 8.92. The Kier molecular flexibility index (Phi) is 6.48. The Labute approximate surface area is 150 Å². The molecule has 0 radical (unpaired) electrons. The molecule has 1 N–H and O–H groups in total. The van der Waals surface area contributed by atoms with Gasteiger partial charge in [-0.25, -0.2) is 4.39 Å². The molecule has 2 unspecified atom stereocenters. The summed E-state index contributed by atoms with van der Waals surface area (Å²) in [6, 6.07) is 5.48. The Hall–Kier alpha value is -0.740. The summed E-state index contributed by atoms with van der Waals surface area (Å²) >= 11 is 0. The zero-order chi connectivity index (χ0) is 18.9. The molecule has 6 heteroatoms. The highest BCUT2D eigenvalue weighted by atomic mass is 31.2. The molecule has 0 amide bonds. The van der Waals surface area contributed by atoms with Gasteiger partial charge in [0, 0.05) is 5.92 Å². The van der Waals surface area contributed by atoms with E-state index in [-0.39, 0.29) is 17.8 Å². The number of hydrogen-bond donors (Lipinski definition) is 1. The highest BCUT2D eigenvalue weighted by Gasteiger charge is 2.55. The molecule has 1 aliphatic rings. The summed E-state index contributed by atoms with van der Waals surface area (Å²) in [6.07, 6.45) is -0.456. The Balaban J connectivity index is 2.50. The molecule has 25 heavy (non-hydrogen) atoms. The lowest BCUT2D eigenvalue weighted by atomic mass is 10.2. The van der Waals surface area contributed by atoms with E-state index >= 15 is 0 Å². The van der Waals surface area contributed by atoms with Gasteiger partial charge in [-0.05, 0) is 29.5 Å². The molecule has 0 spiro atoms. The van der Waals surface area contributed by atoms with E-state index in [0.29, 0.717) is 5.56 Å². The number of rotatable bonds is 5. The fourth-order valence-electron chi connectivity index (χ4n) is 3.35. The fourth-order valence-corrected chi connectivity index (χ4v) is 7.32. The quantitative estimate of drug-likeness (QED) is 0.724. The minimum atomic E-state index is -3.36. The summed E-state index contributed by atoms with van der Waals surface area (Å²) < 4.78 is 39.5. The molecule has 0 aromatic heterocycles. The minimum Gasteiger partial charge on any atom is -0.380 e. The fraction of sp³-hybridized carbons (Fsp3) is 0.684. The van der Waals surface area contributed by atoms with Crippen molar-refractivity contribution in [2.45, 2.75) is 65.4 Å². The molecule has 1 heterocycles. The van der Waals surface area contributed by atoms with Crippen LogP contribution in [0.2, 0.25) is 0 Å². The Morgan fingerprint density at radius 3 is 1.72 bits per heavy atom. The van der Waals surface area contributed by atoms with Crippen molar-refractivity contribution in [1.82, 2.24) is 0 Å². The van der Waals surface area contributed by atoms with E-state index in [0.717, 1.165) is 0 Å². The van der Waals surface area contributed by atoms with Crippen LogP contribution in [0.5, 0.6) is 0 Å². The van der Waals surface area contributed by atoms with Gasteiger partial charge in [-0.15, -0.1) is 0 Å². The van der Waals surface area contributed by atoms with Crippen molar-refractivity contribution in [2.24, 2.45) is 17.8 Å². The minimum absolute atomic E-state index is 0.0488. The lowest BCUT2D eigenvalue weighted by molar-refractivity contribution is -0.217. The number of halogens is 1. The molecule has 2 rings (SSSR count). The molecule has 0 aliphatic carbocycles. The van der Waals surface area contributed by atoms with Crippen LogP contribution >= 0.6 is 7.14 Å². The first-order valence-corrected chi connectivity index (χ1v) is 10.8. The monoisotopic (exact) mass is 372 g/mol. The molecule has 1 aromatic carbocycles. The lowest BCUT2D eigenvalue weighted by Crippen LogP contribution is -2.45. The van der Waals surface area contributed by atoms with E-state index in [9.17, 15) is 14.1 Å². The van der Waals surface area contributed by atoms with Crippen LogP contribution in [0.15, 0.2) is 24.3 Å². The Morgan fingerprint density at radius 2 is 1.36 bits per heavy atom. The van der Waals surface area contributed by atoms with Crippen molar-refractivity contribution in [1.29, 1.82) is 0 Å². The van der Waals surface area contributed by atoms with E-state index in [1.165, 1.54) is 24.3 Å². The van der Waals surface area contributed by atoms with Crippen LogP contribution in [0, 0.1) is 23.6 Å². The van der Waals surface area contributed by atoms with Gasteiger partial charge in [-0.1, -0.05) is 53.7 Å². The third kappa shape index (κ3) is 4.00. The Morgan fingerprint density at radius 1 is 0.920 bits per heavy atom. The zero-order valence-electron chi connectivity index (χ0n) is 15.8. The summed E-state index contributed by atoms with van der Waals surface area (Å²) in [5, 5.41) is 11.0. The van der Waals surface area contributed by atoms with Gasteiger partial charge in [0.25, 0.3) is 0 Å². The molecule has 0 bridgehead atoms. The van der Waals surface area contributed by atoms with Crippen LogP contribution in [0.3, 0.4) is 0 Å². The molecular formula is C19H30FO4P. The number of aliphatic hydroxyl groups is 1. The van der Waals surface area contributed by atoms with Crippen molar-refractivity contribution in [3.8, 4) is 0 Å². The van der Waals surface area contributed by atoms with Gasteiger partial charge in [0.1, 0.15) is 23.4 Å². The number of ether oxygens (including phenoxy) is 2. The summed E-state index contributed by atoms with van der Waals surface area (Å²) in [4.78, 5) is 0. The smallest absolute Gasteiger partial charge is 0.174 e. The van der Waals surface area contributed by atoms with Gasteiger partial charge >= 0.3 is 0 Å². The molecule has 142 valence electrons. The van der Waals surface area contributed by atoms with E-state index < -0.39 is 36.8 Å². The standard InChI is InChI=1S/C19H30FO4P/c1-11(2)17-23-18(12(3)4)25(22,19(24-17)13(5)6)16(21)14-7-9-15(20)10-8-14/h7-13,16-19,21H,1-6H3/t16-,17?,18-,19+,25?/m0/s1. The van der Waals surface area contributed by atoms with E-state index in [1.54, 1.807) is 0 Å². The van der Waals surface area contributed by atoms with Crippen LogP contribution in [0.1, 0.15) is 53.0 Å². The SMILES string of the molecule is CC(C)C1O[C@H](C(C)C)P(=O)([C@H](O)c2ccc(F)cc2)[C@H](C(C)C)O1. The summed E-state index contributed by atoms with van der Waals surface area (Å²) in [5.74, 6) is -2.85. The highest BCUT2D eigenvalue weighted by molar-refractivity contribution is 7.65. The van der Waals surface area contributed by atoms with Crippen LogP contribution < -0.4 is 0 Å². The second-order valence-electron chi connectivity index (χ2n) is 7.84. The number of aliphatic hydroxyl groups excluding tert-OH is 1. The van der Waals surface area contributed by atoms with Gasteiger partial charge in [0.15, 0.2) is 13.4 Å². The van der Waals surface area contributed by atoms with Gasteiger partial charge in [0.2, 0.25) is 0 Å². The van der Waals surface area contributed by atoms with Gasteiger partial charge in [-0.3, -0.25) is 0 Å². The van der Waals surface area contributed by atoms with Crippen LogP contribution in [0.25, 0.3) is 0 Å². The molecule has 1 aromatic rings. The van der Waals surface area contributed by atoms with Crippen molar-refractivity contribution < 1.29 is 23.5 Å². The van der Waals surface area contributed by atoms with E-state index in [4.69, 9.17) is 9.47 Å². The van der Waals surface area contributed by atoms with Crippen LogP contribution in [0.4, 0.5) is 4.39 Å². The molecule has 1 saturated heterocycles. The largest absolute Gasteiger partial charge is 0.380 e. The van der Waals surface area contributed by atoms with Gasteiger partial charge < -0.3 is 19.1 Å². The Bertz CT molecular complexity index is 592. The maximum atomic E-state index is 14.1. The third-order valence-electron chi connectivity index (χ3n) is 4.58. The first-order chi connectivity index (χ1) is 11.6. The van der Waals surface area contributed by atoms with Crippen LogP contribution in [-0.2, 0) is 14.0 Å². The zero-order valence-corrected chi connectivity index (χ0v) is 16.7. The normalized spacial score (nSPS) is 31.7. The molecular weight excluding hydrogens is 342 g/mol. The van der Waals surface area contributed by atoms with Gasteiger partial charge in [0.05, 0.1) is 0 Å². The van der Waals surface area contributed by atoms with Crippen molar-refractivity contribution in [3.05, 3.63) is 35.6 Å².